The second kappa shape index (κ2) is 5.66. The number of hydrogen-bond donors (Lipinski definition) is 3. The molecule has 2 aromatic carbocycles. The van der Waals surface area contributed by atoms with Crippen molar-refractivity contribution in [3.63, 3.8) is 0 Å². The summed E-state index contributed by atoms with van der Waals surface area (Å²) in [6.07, 6.45) is 0. The zero-order chi connectivity index (χ0) is 15.7. The summed E-state index contributed by atoms with van der Waals surface area (Å²) in [5, 5.41) is 7.90. The average molecular weight is 285 g/mol. The van der Waals surface area contributed by atoms with Gasteiger partial charge in [0.2, 0.25) is 0 Å². The number of amidine groups is 1. The Labute approximate surface area is 124 Å². The second-order valence-electron chi connectivity index (χ2n) is 5.37. The Hall–Kier alpha value is -2.20. The molecule has 0 spiro atoms. The fraction of sp³-hybridized carbons (Fsp3) is 0.235. The summed E-state index contributed by atoms with van der Waals surface area (Å²) in [5.74, 6) is -0.354. The lowest BCUT2D eigenvalue weighted by Gasteiger charge is -2.21. The van der Waals surface area contributed by atoms with Crippen LogP contribution in [0.3, 0.4) is 0 Å². The molecule has 0 fully saturated rings. The van der Waals surface area contributed by atoms with Gasteiger partial charge in [0.15, 0.2) is 0 Å². The molecule has 0 amide bonds. The molecular formula is C17H20FN3. The number of nitrogens with two attached hydrogens (primary N) is 2. The van der Waals surface area contributed by atoms with Gasteiger partial charge in [0.1, 0.15) is 11.7 Å². The van der Waals surface area contributed by atoms with Crippen LogP contribution in [-0.2, 0) is 0 Å². The maximum atomic E-state index is 13.6. The minimum atomic E-state index is -0.323. The highest BCUT2D eigenvalue weighted by Crippen LogP contribution is 2.34. The van der Waals surface area contributed by atoms with Crippen molar-refractivity contribution < 1.29 is 4.39 Å². The van der Waals surface area contributed by atoms with Crippen LogP contribution in [0.1, 0.15) is 35.2 Å². The summed E-state index contributed by atoms with van der Waals surface area (Å²) in [6, 6.07) is 8.06. The van der Waals surface area contributed by atoms with Gasteiger partial charge < -0.3 is 11.5 Å². The highest BCUT2D eigenvalue weighted by Gasteiger charge is 2.19. The van der Waals surface area contributed by atoms with Crippen molar-refractivity contribution in [1.82, 2.24) is 0 Å². The predicted octanol–water partition coefficient (Wildman–Crippen LogP) is 3.41. The van der Waals surface area contributed by atoms with E-state index in [2.05, 4.69) is 0 Å². The number of hydrogen-bond acceptors (Lipinski definition) is 2. The summed E-state index contributed by atoms with van der Waals surface area (Å²) >= 11 is 0. The normalized spacial score (nSPS) is 12.2. The van der Waals surface area contributed by atoms with Crippen molar-refractivity contribution in [2.45, 2.75) is 26.8 Å². The van der Waals surface area contributed by atoms with Crippen molar-refractivity contribution in [2.75, 3.05) is 0 Å². The third-order valence-electron chi connectivity index (χ3n) is 3.75. The van der Waals surface area contributed by atoms with Gasteiger partial charge in [-0.25, -0.2) is 4.39 Å². The van der Waals surface area contributed by atoms with E-state index in [1.807, 2.05) is 32.9 Å². The molecule has 0 aromatic heterocycles. The molecule has 0 heterocycles. The second-order valence-corrected chi connectivity index (χ2v) is 5.37. The van der Waals surface area contributed by atoms with Gasteiger partial charge in [0.25, 0.3) is 0 Å². The summed E-state index contributed by atoms with van der Waals surface area (Å²) in [7, 11) is 0. The predicted molar refractivity (Wildman–Crippen MR) is 84.9 cm³/mol. The first-order chi connectivity index (χ1) is 9.82. The number of benzene rings is 2. The Balaban J connectivity index is 2.90. The van der Waals surface area contributed by atoms with Crippen LogP contribution in [0.5, 0.6) is 0 Å². The van der Waals surface area contributed by atoms with Gasteiger partial charge >= 0.3 is 0 Å². The van der Waals surface area contributed by atoms with Crippen LogP contribution in [0, 0.1) is 25.1 Å². The zero-order valence-corrected chi connectivity index (χ0v) is 12.5. The van der Waals surface area contributed by atoms with Crippen LogP contribution < -0.4 is 11.5 Å². The van der Waals surface area contributed by atoms with Gasteiger partial charge in [0, 0.05) is 11.6 Å². The zero-order valence-electron chi connectivity index (χ0n) is 12.5. The maximum Gasteiger partial charge on any atom is 0.123 e. The van der Waals surface area contributed by atoms with Crippen molar-refractivity contribution >= 4 is 5.84 Å². The third kappa shape index (κ3) is 2.81. The molecular weight excluding hydrogens is 265 g/mol. The van der Waals surface area contributed by atoms with Crippen LogP contribution in [-0.4, -0.2) is 5.84 Å². The number of aryl methyl sites for hydroxylation is 1. The Morgan fingerprint density at radius 3 is 2.43 bits per heavy atom. The first-order valence-corrected chi connectivity index (χ1v) is 6.83. The fourth-order valence-corrected chi connectivity index (χ4v) is 2.59. The number of nitrogens with one attached hydrogen (secondary N) is 1. The van der Waals surface area contributed by atoms with E-state index in [9.17, 15) is 4.39 Å². The molecule has 2 rings (SSSR count). The molecule has 5 N–H and O–H groups in total. The molecule has 0 bridgehead atoms. The Morgan fingerprint density at radius 1 is 1.24 bits per heavy atom. The van der Waals surface area contributed by atoms with Gasteiger partial charge in [-0.15, -0.1) is 0 Å². The molecule has 0 aliphatic heterocycles. The van der Waals surface area contributed by atoms with E-state index in [-0.39, 0.29) is 17.7 Å². The fourth-order valence-electron chi connectivity index (χ4n) is 2.59. The van der Waals surface area contributed by atoms with E-state index in [0.717, 1.165) is 22.3 Å². The monoisotopic (exact) mass is 285 g/mol. The minimum absolute atomic E-state index is 0.0302. The average Bonchev–Trinajstić information content (AvgIpc) is 2.40. The summed E-state index contributed by atoms with van der Waals surface area (Å²) in [4.78, 5) is 0. The SMILES string of the molecule is Cc1cc(C(C)N)c(-c2cccc(F)c2)c(C(=N)N)c1C. The van der Waals surface area contributed by atoms with Crippen LogP contribution in [0.25, 0.3) is 11.1 Å². The van der Waals surface area contributed by atoms with Crippen molar-refractivity contribution in [3.05, 3.63) is 58.4 Å². The quantitative estimate of drug-likeness (QED) is 0.597. The molecule has 0 saturated heterocycles. The third-order valence-corrected chi connectivity index (χ3v) is 3.75. The van der Waals surface area contributed by atoms with Gasteiger partial charge in [-0.2, -0.15) is 0 Å². The molecule has 110 valence electrons. The summed E-state index contributed by atoms with van der Waals surface area (Å²) < 4.78 is 13.6. The Morgan fingerprint density at radius 2 is 1.90 bits per heavy atom. The van der Waals surface area contributed by atoms with E-state index in [1.54, 1.807) is 6.07 Å². The van der Waals surface area contributed by atoms with Crippen molar-refractivity contribution in [2.24, 2.45) is 11.5 Å². The van der Waals surface area contributed by atoms with E-state index >= 15 is 0 Å². The molecule has 4 heteroatoms. The van der Waals surface area contributed by atoms with E-state index in [1.165, 1.54) is 12.1 Å². The number of halogens is 1. The van der Waals surface area contributed by atoms with E-state index < -0.39 is 0 Å². The topological polar surface area (TPSA) is 75.9 Å². The van der Waals surface area contributed by atoms with Crippen molar-refractivity contribution in [1.29, 1.82) is 5.41 Å². The van der Waals surface area contributed by atoms with Crippen LogP contribution in [0.15, 0.2) is 30.3 Å². The molecule has 1 atom stereocenters. The van der Waals surface area contributed by atoms with Crippen LogP contribution >= 0.6 is 0 Å². The molecule has 3 nitrogen and oxygen atoms in total. The molecule has 1 unspecified atom stereocenters. The summed E-state index contributed by atoms with van der Waals surface area (Å²) in [5.41, 5.74) is 16.7. The smallest absolute Gasteiger partial charge is 0.123 e. The standard InChI is InChI=1S/C17H20FN3/c1-9-7-14(11(3)19)16(15(10(9)2)17(20)21)12-5-4-6-13(18)8-12/h4-8,11H,19H2,1-3H3,(H3,20,21). The lowest BCUT2D eigenvalue weighted by Crippen LogP contribution is -2.18. The van der Waals surface area contributed by atoms with Gasteiger partial charge in [-0.05, 0) is 60.7 Å². The number of rotatable bonds is 3. The number of nitrogen functional groups attached to an aromatic ring is 1. The van der Waals surface area contributed by atoms with E-state index in [0.29, 0.717) is 11.1 Å². The first kappa shape index (κ1) is 15.2. The highest BCUT2D eigenvalue weighted by atomic mass is 19.1. The first-order valence-electron chi connectivity index (χ1n) is 6.83. The van der Waals surface area contributed by atoms with Crippen LogP contribution in [0.2, 0.25) is 0 Å². The highest BCUT2D eigenvalue weighted by molar-refractivity contribution is 6.04. The summed E-state index contributed by atoms with van der Waals surface area (Å²) in [6.45, 7) is 5.75. The van der Waals surface area contributed by atoms with Crippen molar-refractivity contribution in [3.8, 4) is 11.1 Å². The maximum absolute atomic E-state index is 13.6. The Bertz CT molecular complexity index is 705. The largest absolute Gasteiger partial charge is 0.384 e. The molecule has 0 saturated carbocycles. The van der Waals surface area contributed by atoms with Gasteiger partial charge in [0.05, 0.1) is 0 Å². The molecule has 0 aliphatic rings. The molecule has 0 radical (unpaired) electrons. The Kier molecular flexibility index (Phi) is 4.09. The van der Waals surface area contributed by atoms with E-state index in [4.69, 9.17) is 16.9 Å². The lowest BCUT2D eigenvalue weighted by molar-refractivity contribution is 0.628. The van der Waals surface area contributed by atoms with Crippen LogP contribution in [0.4, 0.5) is 4.39 Å². The van der Waals surface area contributed by atoms with Gasteiger partial charge in [-0.1, -0.05) is 18.2 Å². The molecule has 21 heavy (non-hydrogen) atoms. The minimum Gasteiger partial charge on any atom is -0.384 e. The van der Waals surface area contributed by atoms with Gasteiger partial charge in [-0.3, -0.25) is 5.41 Å². The molecule has 0 aliphatic carbocycles. The molecule has 2 aromatic rings. The lowest BCUT2D eigenvalue weighted by atomic mass is 9.86.